The normalized spacial score (nSPS) is 15.0. The number of aromatic amines is 1. The minimum Gasteiger partial charge on any atom is -0.492 e. The first kappa shape index (κ1) is 20.3. The standard InChI is InChI=1S/C25H25FN4O2/c1-32-25-21(30-19-11-13-28-24-17(19)6-9-22(24)31)8-7-20(23(25)26)27-12-10-15-14-29-18-5-3-2-4-16(15)18/h2-5,7-8,11,13-14,22,27,29,31H,6,9-10,12H2,1H3,(H,28,30). The second-order valence-corrected chi connectivity index (χ2v) is 7.95. The predicted octanol–water partition coefficient (Wildman–Crippen LogP) is 5.09. The lowest BCUT2D eigenvalue weighted by atomic mass is 10.1. The molecule has 5 rings (SSSR count). The molecule has 0 radical (unpaired) electrons. The first-order valence-electron chi connectivity index (χ1n) is 10.7. The van der Waals surface area contributed by atoms with Gasteiger partial charge >= 0.3 is 0 Å². The molecule has 1 aliphatic rings. The number of halogens is 1. The van der Waals surface area contributed by atoms with Crippen LogP contribution in [0.5, 0.6) is 5.75 Å². The van der Waals surface area contributed by atoms with Crippen LogP contribution in [-0.4, -0.2) is 28.7 Å². The number of fused-ring (bicyclic) bond motifs is 2. The molecule has 4 aromatic rings. The molecule has 32 heavy (non-hydrogen) atoms. The minimum absolute atomic E-state index is 0.145. The van der Waals surface area contributed by atoms with E-state index in [0.717, 1.165) is 29.6 Å². The SMILES string of the molecule is COc1c(Nc2ccnc3c2CCC3O)ccc(NCCc2c[nH]c3ccccc23)c1F. The Balaban J connectivity index is 1.33. The summed E-state index contributed by atoms with van der Waals surface area (Å²) in [6, 6.07) is 13.5. The number of para-hydroxylation sites is 1. The number of hydrogen-bond donors (Lipinski definition) is 4. The van der Waals surface area contributed by atoms with E-state index in [-0.39, 0.29) is 5.75 Å². The number of hydrogen-bond acceptors (Lipinski definition) is 5. The number of aliphatic hydroxyl groups excluding tert-OH is 1. The van der Waals surface area contributed by atoms with Gasteiger partial charge in [-0.2, -0.15) is 0 Å². The summed E-state index contributed by atoms with van der Waals surface area (Å²) in [6.07, 6.45) is 5.24. The van der Waals surface area contributed by atoms with Crippen molar-refractivity contribution in [1.82, 2.24) is 9.97 Å². The van der Waals surface area contributed by atoms with E-state index in [1.54, 1.807) is 18.3 Å². The van der Waals surface area contributed by atoms with E-state index in [2.05, 4.69) is 26.7 Å². The van der Waals surface area contributed by atoms with Crippen LogP contribution in [0.15, 0.2) is 54.9 Å². The summed E-state index contributed by atoms with van der Waals surface area (Å²) in [5, 5.41) is 17.7. The van der Waals surface area contributed by atoms with Crippen LogP contribution in [0, 0.1) is 5.82 Å². The number of anilines is 3. The summed E-state index contributed by atoms with van der Waals surface area (Å²) in [6.45, 7) is 0.588. The van der Waals surface area contributed by atoms with E-state index >= 15 is 4.39 Å². The average Bonchev–Trinajstić information content (AvgIpc) is 3.40. The Morgan fingerprint density at radius 3 is 2.88 bits per heavy atom. The molecule has 0 fully saturated rings. The van der Waals surface area contributed by atoms with Gasteiger partial charge in [-0.3, -0.25) is 4.98 Å². The van der Waals surface area contributed by atoms with E-state index in [9.17, 15) is 5.11 Å². The van der Waals surface area contributed by atoms with Crippen molar-refractivity contribution in [3.63, 3.8) is 0 Å². The fourth-order valence-corrected chi connectivity index (χ4v) is 4.40. The number of rotatable bonds is 7. The van der Waals surface area contributed by atoms with Crippen LogP contribution in [0.3, 0.4) is 0 Å². The quantitative estimate of drug-likeness (QED) is 0.327. The summed E-state index contributed by atoms with van der Waals surface area (Å²) in [5.41, 5.74) is 5.66. The van der Waals surface area contributed by atoms with E-state index < -0.39 is 11.9 Å². The molecule has 0 saturated carbocycles. The monoisotopic (exact) mass is 432 g/mol. The Kier molecular flexibility index (Phi) is 5.41. The molecule has 6 nitrogen and oxygen atoms in total. The molecule has 1 unspecified atom stereocenters. The van der Waals surface area contributed by atoms with Gasteiger partial charge in [-0.15, -0.1) is 0 Å². The Labute approximate surface area is 185 Å². The van der Waals surface area contributed by atoms with Crippen LogP contribution in [-0.2, 0) is 12.8 Å². The molecule has 0 amide bonds. The fraction of sp³-hybridized carbons (Fsp3) is 0.240. The maximum absolute atomic E-state index is 15.2. The third kappa shape index (κ3) is 3.65. The van der Waals surface area contributed by atoms with Gasteiger partial charge in [0.25, 0.3) is 0 Å². The molecule has 0 spiro atoms. The Morgan fingerprint density at radius 2 is 2.00 bits per heavy atom. The van der Waals surface area contributed by atoms with E-state index in [4.69, 9.17) is 4.74 Å². The third-order valence-corrected chi connectivity index (χ3v) is 6.03. The van der Waals surface area contributed by atoms with Crippen LogP contribution in [0.1, 0.15) is 29.3 Å². The van der Waals surface area contributed by atoms with Crippen LogP contribution in [0.4, 0.5) is 21.5 Å². The minimum atomic E-state index is -0.547. The Bertz CT molecular complexity index is 1270. The molecule has 7 heteroatoms. The highest BCUT2D eigenvalue weighted by molar-refractivity contribution is 5.83. The maximum Gasteiger partial charge on any atom is 0.190 e. The highest BCUT2D eigenvalue weighted by Crippen LogP contribution is 2.39. The van der Waals surface area contributed by atoms with Gasteiger partial charge < -0.3 is 25.5 Å². The van der Waals surface area contributed by atoms with Gasteiger partial charge in [0.1, 0.15) is 0 Å². The summed E-state index contributed by atoms with van der Waals surface area (Å²) in [4.78, 5) is 7.55. The van der Waals surface area contributed by atoms with Crippen molar-refractivity contribution in [3.8, 4) is 5.75 Å². The van der Waals surface area contributed by atoms with Crippen LogP contribution >= 0.6 is 0 Å². The van der Waals surface area contributed by atoms with Crippen molar-refractivity contribution >= 4 is 28.0 Å². The first-order valence-corrected chi connectivity index (χ1v) is 10.7. The van der Waals surface area contributed by atoms with Gasteiger partial charge in [-0.05, 0) is 54.7 Å². The zero-order chi connectivity index (χ0) is 22.1. The van der Waals surface area contributed by atoms with Crippen LogP contribution in [0.25, 0.3) is 10.9 Å². The van der Waals surface area contributed by atoms with Gasteiger partial charge in [0.15, 0.2) is 11.6 Å². The van der Waals surface area contributed by atoms with Gasteiger partial charge in [-0.25, -0.2) is 4.39 Å². The second kappa shape index (κ2) is 8.51. The summed E-state index contributed by atoms with van der Waals surface area (Å²) >= 11 is 0. The molecule has 1 atom stereocenters. The zero-order valence-electron chi connectivity index (χ0n) is 17.8. The number of nitrogens with zero attached hydrogens (tertiary/aromatic N) is 1. The molecule has 0 saturated heterocycles. The van der Waals surface area contributed by atoms with Crippen LogP contribution < -0.4 is 15.4 Å². The first-order chi connectivity index (χ1) is 15.7. The maximum atomic E-state index is 15.2. The Morgan fingerprint density at radius 1 is 1.16 bits per heavy atom. The summed E-state index contributed by atoms with van der Waals surface area (Å²) in [5.74, 6) is -0.298. The van der Waals surface area contributed by atoms with Gasteiger partial charge in [-0.1, -0.05) is 18.2 Å². The fourth-order valence-electron chi connectivity index (χ4n) is 4.40. The molecule has 4 N–H and O–H groups in total. The lowest BCUT2D eigenvalue weighted by Crippen LogP contribution is -2.08. The second-order valence-electron chi connectivity index (χ2n) is 7.95. The van der Waals surface area contributed by atoms with Crippen molar-refractivity contribution < 1.29 is 14.2 Å². The van der Waals surface area contributed by atoms with E-state index in [0.29, 0.717) is 30.0 Å². The largest absolute Gasteiger partial charge is 0.492 e. The van der Waals surface area contributed by atoms with Crippen molar-refractivity contribution in [3.05, 3.63) is 77.5 Å². The Hall–Kier alpha value is -3.58. The number of ether oxygens (including phenoxy) is 1. The van der Waals surface area contributed by atoms with Crippen molar-refractivity contribution in [2.45, 2.75) is 25.4 Å². The molecular weight excluding hydrogens is 407 g/mol. The molecule has 0 aliphatic heterocycles. The average molecular weight is 432 g/mol. The topological polar surface area (TPSA) is 82.2 Å². The number of pyridine rings is 1. The van der Waals surface area contributed by atoms with Gasteiger partial charge in [0.05, 0.1) is 30.3 Å². The zero-order valence-corrected chi connectivity index (χ0v) is 17.8. The number of benzene rings is 2. The molecule has 0 bridgehead atoms. The number of aliphatic hydroxyl groups is 1. The third-order valence-electron chi connectivity index (χ3n) is 6.03. The molecule has 164 valence electrons. The molecular formula is C25H25FN4O2. The number of nitrogens with one attached hydrogen (secondary N) is 3. The highest BCUT2D eigenvalue weighted by Gasteiger charge is 2.25. The van der Waals surface area contributed by atoms with E-state index in [1.165, 1.54) is 18.1 Å². The molecule has 2 aromatic heterocycles. The van der Waals surface area contributed by atoms with Crippen LogP contribution in [0.2, 0.25) is 0 Å². The van der Waals surface area contributed by atoms with Gasteiger partial charge in [0.2, 0.25) is 0 Å². The predicted molar refractivity (Wildman–Crippen MR) is 124 cm³/mol. The van der Waals surface area contributed by atoms with Crippen molar-refractivity contribution in [2.24, 2.45) is 0 Å². The van der Waals surface area contributed by atoms with Crippen molar-refractivity contribution in [2.75, 3.05) is 24.3 Å². The van der Waals surface area contributed by atoms with Gasteiger partial charge in [0, 0.05) is 35.5 Å². The highest BCUT2D eigenvalue weighted by atomic mass is 19.1. The lowest BCUT2D eigenvalue weighted by molar-refractivity contribution is 0.176. The summed E-state index contributed by atoms with van der Waals surface area (Å²) in [7, 11) is 1.46. The number of methoxy groups -OCH3 is 1. The smallest absolute Gasteiger partial charge is 0.190 e. The van der Waals surface area contributed by atoms with Crippen molar-refractivity contribution in [1.29, 1.82) is 0 Å². The number of H-pyrrole nitrogens is 1. The molecule has 1 aliphatic carbocycles. The summed E-state index contributed by atoms with van der Waals surface area (Å²) < 4.78 is 20.6. The molecule has 2 aromatic carbocycles. The van der Waals surface area contributed by atoms with E-state index in [1.807, 2.05) is 30.5 Å². The lowest BCUT2D eigenvalue weighted by Gasteiger charge is -2.17. The number of aromatic nitrogens is 2. The molecule has 2 heterocycles.